The molecule has 0 amide bonds. The minimum Gasteiger partial charge on any atom is -0.494 e. The van der Waals surface area contributed by atoms with Crippen LogP contribution in [0.3, 0.4) is 0 Å². The maximum absolute atomic E-state index is 11.5. The van der Waals surface area contributed by atoms with Gasteiger partial charge in [-0.25, -0.2) is 0 Å². The lowest BCUT2D eigenvalue weighted by Crippen LogP contribution is -2.15. The summed E-state index contributed by atoms with van der Waals surface area (Å²) in [6.45, 7) is 4.19. The molecule has 7 nitrogen and oxygen atoms in total. The molecule has 0 atom stereocenters. The molecule has 2 heterocycles. The molecule has 0 aliphatic carbocycles. The standard InChI is InChI=1S/C13H13N5O2/c1-3-20-10-6-4-9(5-7-10)11-15-16-13-14-12(19)8(2)17-18(11)13/h4-7H,3H2,1-2H3,(H,14,16,19). The minimum atomic E-state index is -0.261. The number of rotatable bonds is 3. The Kier molecular flexibility index (Phi) is 2.94. The third-order valence-corrected chi connectivity index (χ3v) is 2.87. The van der Waals surface area contributed by atoms with Crippen molar-refractivity contribution in [2.75, 3.05) is 6.61 Å². The quantitative estimate of drug-likeness (QED) is 0.773. The highest BCUT2D eigenvalue weighted by Crippen LogP contribution is 2.20. The summed E-state index contributed by atoms with van der Waals surface area (Å²) in [5, 5.41) is 12.2. The van der Waals surface area contributed by atoms with Gasteiger partial charge in [-0.2, -0.15) is 9.61 Å². The second kappa shape index (κ2) is 4.76. The normalized spacial score (nSPS) is 10.9. The second-order valence-electron chi connectivity index (χ2n) is 4.26. The zero-order valence-corrected chi connectivity index (χ0v) is 11.1. The molecule has 0 bridgehead atoms. The summed E-state index contributed by atoms with van der Waals surface area (Å²) < 4.78 is 6.91. The van der Waals surface area contributed by atoms with E-state index in [1.54, 1.807) is 6.92 Å². The molecule has 7 heteroatoms. The first-order valence-corrected chi connectivity index (χ1v) is 6.24. The van der Waals surface area contributed by atoms with Crippen molar-refractivity contribution in [3.05, 3.63) is 40.3 Å². The molecule has 102 valence electrons. The van der Waals surface area contributed by atoms with Gasteiger partial charge < -0.3 is 4.74 Å². The molecule has 0 spiro atoms. The Morgan fingerprint density at radius 1 is 1.25 bits per heavy atom. The van der Waals surface area contributed by atoms with E-state index in [0.717, 1.165) is 11.3 Å². The van der Waals surface area contributed by atoms with Crippen LogP contribution in [-0.4, -0.2) is 31.4 Å². The van der Waals surface area contributed by atoms with Gasteiger partial charge in [0, 0.05) is 5.56 Å². The number of fused-ring (bicyclic) bond motifs is 1. The number of hydrogen-bond acceptors (Lipinski definition) is 5. The molecule has 0 saturated carbocycles. The maximum Gasteiger partial charge on any atom is 0.273 e. The third-order valence-electron chi connectivity index (χ3n) is 2.87. The zero-order valence-electron chi connectivity index (χ0n) is 11.1. The van der Waals surface area contributed by atoms with Crippen LogP contribution in [0.4, 0.5) is 0 Å². The van der Waals surface area contributed by atoms with Crippen molar-refractivity contribution in [3.63, 3.8) is 0 Å². The van der Waals surface area contributed by atoms with E-state index in [-0.39, 0.29) is 5.56 Å². The van der Waals surface area contributed by atoms with Gasteiger partial charge >= 0.3 is 0 Å². The van der Waals surface area contributed by atoms with Crippen LogP contribution in [0.5, 0.6) is 5.75 Å². The molecule has 2 aromatic heterocycles. The van der Waals surface area contributed by atoms with Crippen molar-refractivity contribution < 1.29 is 4.74 Å². The van der Waals surface area contributed by atoms with E-state index in [9.17, 15) is 4.79 Å². The van der Waals surface area contributed by atoms with E-state index in [2.05, 4.69) is 20.3 Å². The molecule has 20 heavy (non-hydrogen) atoms. The summed E-state index contributed by atoms with van der Waals surface area (Å²) in [4.78, 5) is 14.1. The van der Waals surface area contributed by atoms with Gasteiger partial charge in [0.1, 0.15) is 11.4 Å². The average molecular weight is 271 g/mol. The zero-order chi connectivity index (χ0) is 14.1. The first-order valence-electron chi connectivity index (χ1n) is 6.24. The largest absolute Gasteiger partial charge is 0.494 e. The summed E-state index contributed by atoms with van der Waals surface area (Å²) >= 11 is 0. The third kappa shape index (κ3) is 2.03. The number of aromatic amines is 1. The number of nitrogens with zero attached hydrogens (tertiary/aromatic N) is 4. The van der Waals surface area contributed by atoms with Crippen molar-refractivity contribution in [1.82, 2.24) is 24.8 Å². The lowest BCUT2D eigenvalue weighted by molar-refractivity contribution is 0.340. The summed E-state index contributed by atoms with van der Waals surface area (Å²) in [6, 6.07) is 7.48. The number of H-pyrrole nitrogens is 1. The Hall–Kier alpha value is -2.70. The van der Waals surface area contributed by atoms with Gasteiger partial charge in [-0.05, 0) is 38.1 Å². The van der Waals surface area contributed by atoms with Gasteiger partial charge in [-0.1, -0.05) is 0 Å². The summed E-state index contributed by atoms with van der Waals surface area (Å²) in [6.07, 6.45) is 0. The summed E-state index contributed by atoms with van der Waals surface area (Å²) in [5.41, 5.74) is 0.951. The van der Waals surface area contributed by atoms with Crippen molar-refractivity contribution in [2.45, 2.75) is 13.8 Å². The number of aryl methyl sites for hydroxylation is 1. The highest BCUT2D eigenvalue weighted by molar-refractivity contribution is 5.58. The molecule has 0 aliphatic heterocycles. The Bertz CT molecular complexity index is 804. The van der Waals surface area contributed by atoms with Crippen LogP contribution in [0.2, 0.25) is 0 Å². The molecular formula is C13H13N5O2. The Morgan fingerprint density at radius 3 is 2.70 bits per heavy atom. The number of hydrogen-bond donors (Lipinski definition) is 1. The van der Waals surface area contributed by atoms with Crippen LogP contribution in [0.1, 0.15) is 12.6 Å². The first-order chi connectivity index (χ1) is 9.69. The predicted octanol–water partition coefficient (Wildman–Crippen LogP) is 1.19. The van der Waals surface area contributed by atoms with E-state index in [0.29, 0.717) is 23.9 Å². The maximum atomic E-state index is 11.5. The van der Waals surface area contributed by atoms with E-state index < -0.39 is 0 Å². The van der Waals surface area contributed by atoms with E-state index in [1.807, 2.05) is 31.2 Å². The highest BCUT2D eigenvalue weighted by atomic mass is 16.5. The van der Waals surface area contributed by atoms with Crippen LogP contribution in [0, 0.1) is 6.92 Å². The van der Waals surface area contributed by atoms with Gasteiger partial charge in [0.15, 0.2) is 5.82 Å². The van der Waals surface area contributed by atoms with Gasteiger partial charge in [0.05, 0.1) is 6.61 Å². The number of ether oxygens (including phenoxy) is 1. The van der Waals surface area contributed by atoms with Crippen LogP contribution < -0.4 is 10.3 Å². The lowest BCUT2D eigenvalue weighted by Gasteiger charge is -2.03. The molecular weight excluding hydrogens is 258 g/mol. The molecule has 0 aliphatic rings. The minimum absolute atomic E-state index is 0.261. The van der Waals surface area contributed by atoms with Gasteiger partial charge in [-0.15, -0.1) is 10.2 Å². The summed E-state index contributed by atoms with van der Waals surface area (Å²) in [7, 11) is 0. The fourth-order valence-corrected chi connectivity index (χ4v) is 1.89. The molecule has 0 saturated heterocycles. The summed E-state index contributed by atoms with van der Waals surface area (Å²) in [5.74, 6) is 1.69. The first kappa shape index (κ1) is 12.3. The second-order valence-corrected chi connectivity index (χ2v) is 4.26. The van der Waals surface area contributed by atoms with Crippen molar-refractivity contribution >= 4 is 5.78 Å². The fourth-order valence-electron chi connectivity index (χ4n) is 1.89. The predicted molar refractivity (Wildman–Crippen MR) is 72.7 cm³/mol. The van der Waals surface area contributed by atoms with Crippen LogP contribution in [0.25, 0.3) is 17.2 Å². The molecule has 1 aromatic carbocycles. The van der Waals surface area contributed by atoms with Crippen LogP contribution >= 0.6 is 0 Å². The fraction of sp³-hybridized carbons (Fsp3) is 0.231. The molecule has 3 aromatic rings. The monoisotopic (exact) mass is 271 g/mol. The topological polar surface area (TPSA) is 85.2 Å². The van der Waals surface area contributed by atoms with Crippen molar-refractivity contribution in [3.8, 4) is 17.1 Å². The molecule has 1 N–H and O–H groups in total. The van der Waals surface area contributed by atoms with E-state index in [1.165, 1.54) is 4.52 Å². The highest BCUT2D eigenvalue weighted by Gasteiger charge is 2.11. The van der Waals surface area contributed by atoms with Gasteiger partial charge in [0.25, 0.3) is 11.3 Å². The Labute approximate surface area is 114 Å². The number of nitrogens with one attached hydrogen (secondary N) is 1. The molecule has 0 radical (unpaired) electrons. The Balaban J connectivity index is 2.09. The SMILES string of the molecule is CCOc1ccc(-c2nnc3[nH]c(=O)c(C)nn23)cc1. The average Bonchev–Trinajstić information content (AvgIpc) is 2.83. The lowest BCUT2D eigenvalue weighted by atomic mass is 10.2. The van der Waals surface area contributed by atoms with Gasteiger partial charge in [0.2, 0.25) is 0 Å². The van der Waals surface area contributed by atoms with Crippen molar-refractivity contribution in [2.24, 2.45) is 0 Å². The molecule has 0 unspecified atom stereocenters. The van der Waals surface area contributed by atoms with Gasteiger partial charge in [-0.3, -0.25) is 9.78 Å². The van der Waals surface area contributed by atoms with E-state index in [4.69, 9.17) is 4.74 Å². The van der Waals surface area contributed by atoms with Crippen LogP contribution in [0.15, 0.2) is 29.1 Å². The molecule has 0 fully saturated rings. The van der Waals surface area contributed by atoms with Crippen molar-refractivity contribution in [1.29, 1.82) is 0 Å². The smallest absolute Gasteiger partial charge is 0.273 e. The number of aromatic nitrogens is 5. The molecule has 3 rings (SSSR count). The number of benzene rings is 1. The Morgan fingerprint density at radius 2 is 2.00 bits per heavy atom. The van der Waals surface area contributed by atoms with Crippen LogP contribution in [-0.2, 0) is 0 Å². The van der Waals surface area contributed by atoms with E-state index >= 15 is 0 Å².